The molecule has 0 amide bonds. The number of halogens is 2. The van der Waals surface area contributed by atoms with E-state index in [1.54, 1.807) is 0 Å². The Morgan fingerprint density at radius 2 is 1.84 bits per heavy atom. The molecule has 0 aliphatic carbocycles. The first kappa shape index (κ1) is 15.8. The minimum atomic E-state index is -0.833. The highest BCUT2D eigenvalue weighted by molar-refractivity contribution is 6.42. The molecule has 0 unspecified atom stereocenters. The van der Waals surface area contributed by atoms with E-state index in [1.165, 1.54) is 5.56 Å². The molecule has 2 rings (SSSR count). The predicted octanol–water partition coefficient (Wildman–Crippen LogP) is 3.63. The summed E-state index contributed by atoms with van der Waals surface area (Å²) in [6.45, 7) is 1.97. The van der Waals surface area contributed by atoms with Crippen LogP contribution in [0, 0.1) is 0 Å². The fraction of sp³-hybridized carbons (Fsp3) is 0.308. The van der Waals surface area contributed by atoms with Gasteiger partial charge in [-0.25, -0.2) is 0 Å². The number of carboxylic acid groups (broad SMARTS) is 1. The van der Waals surface area contributed by atoms with Crippen LogP contribution in [-0.4, -0.2) is 35.1 Å². The number of aliphatic carboxylic acids is 1. The van der Waals surface area contributed by atoms with Crippen LogP contribution in [-0.2, 0) is 11.3 Å². The third kappa shape index (κ3) is 4.74. The summed E-state index contributed by atoms with van der Waals surface area (Å²) in [7, 11) is 4.08. The van der Waals surface area contributed by atoms with E-state index in [-0.39, 0.29) is 0 Å². The maximum atomic E-state index is 9.00. The van der Waals surface area contributed by atoms with Gasteiger partial charge in [0.15, 0.2) is 0 Å². The van der Waals surface area contributed by atoms with Gasteiger partial charge in [-0.3, -0.25) is 4.79 Å². The number of carboxylic acids is 1. The van der Waals surface area contributed by atoms with E-state index in [0.717, 1.165) is 24.4 Å². The Bertz CT molecular complexity index is 575. The molecule has 0 saturated heterocycles. The van der Waals surface area contributed by atoms with E-state index in [2.05, 4.69) is 9.88 Å². The van der Waals surface area contributed by atoms with Gasteiger partial charge in [-0.2, -0.15) is 0 Å². The van der Waals surface area contributed by atoms with Gasteiger partial charge in [-0.05, 0) is 31.8 Å². The highest BCUT2D eigenvalue weighted by Gasteiger charge is 2.07. The van der Waals surface area contributed by atoms with Crippen molar-refractivity contribution in [2.45, 2.75) is 13.5 Å². The molecule has 0 aliphatic heterocycles. The Morgan fingerprint density at radius 1 is 1.32 bits per heavy atom. The number of hydrogen-bond donors (Lipinski definition) is 2. The second-order valence-electron chi connectivity index (χ2n) is 4.38. The Kier molecular flexibility index (Phi) is 5.66. The lowest BCUT2D eigenvalue weighted by atomic mass is 10.2. The van der Waals surface area contributed by atoms with Crippen molar-refractivity contribution in [3.8, 4) is 0 Å². The molecule has 1 heterocycles. The quantitative estimate of drug-likeness (QED) is 0.890. The first-order valence-electron chi connectivity index (χ1n) is 5.60. The van der Waals surface area contributed by atoms with Gasteiger partial charge in [-0.1, -0.05) is 23.2 Å². The van der Waals surface area contributed by atoms with E-state index >= 15 is 0 Å². The molecule has 0 aliphatic rings. The zero-order chi connectivity index (χ0) is 14.6. The summed E-state index contributed by atoms with van der Waals surface area (Å²) in [6.07, 6.45) is 2.00. The topological polar surface area (TPSA) is 56.3 Å². The second-order valence-corrected chi connectivity index (χ2v) is 5.20. The first-order valence-corrected chi connectivity index (χ1v) is 6.36. The van der Waals surface area contributed by atoms with Crippen LogP contribution in [0.25, 0.3) is 10.9 Å². The molecule has 2 N–H and O–H groups in total. The first-order chi connectivity index (χ1) is 8.81. The third-order valence-corrected chi connectivity index (χ3v) is 3.02. The largest absolute Gasteiger partial charge is 0.481 e. The fourth-order valence-corrected chi connectivity index (χ4v) is 1.97. The normalized spacial score (nSPS) is 10.4. The van der Waals surface area contributed by atoms with Gasteiger partial charge in [0.05, 0.1) is 10.0 Å². The molecule has 104 valence electrons. The van der Waals surface area contributed by atoms with Crippen molar-refractivity contribution in [2.24, 2.45) is 0 Å². The number of fused-ring (bicyclic) bond motifs is 1. The lowest BCUT2D eigenvalue weighted by Crippen LogP contribution is -2.10. The van der Waals surface area contributed by atoms with Crippen molar-refractivity contribution >= 4 is 40.1 Å². The van der Waals surface area contributed by atoms with E-state index < -0.39 is 5.97 Å². The molecular formula is C13H16Cl2N2O2. The molecule has 0 bridgehead atoms. The van der Waals surface area contributed by atoms with Crippen LogP contribution >= 0.6 is 23.2 Å². The molecule has 0 radical (unpaired) electrons. The zero-order valence-corrected chi connectivity index (χ0v) is 12.5. The lowest BCUT2D eigenvalue weighted by Gasteiger charge is -2.08. The zero-order valence-electron chi connectivity index (χ0n) is 11.0. The van der Waals surface area contributed by atoms with Gasteiger partial charge >= 0.3 is 0 Å². The van der Waals surface area contributed by atoms with Crippen LogP contribution in [0.4, 0.5) is 0 Å². The van der Waals surface area contributed by atoms with Crippen molar-refractivity contribution < 1.29 is 9.90 Å². The van der Waals surface area contributed by atoms with Crippen LogP contribution in [0.2, 0.25) is 10.0 Å². The minimum absolute atomic E-state index is 0.586. The van der Waals surface area contributed by atoms with Crippen molar-refractivity contribution in [3.05, 3.63) is 33.9 Å². The van der Waals surface area contributed by atoms with Crippen LogP contribution in [0.1, 0.15) is 12.5 Å². The maximum absolute atomic E-state index is 9.00. The summed E-state index contributed by atoms with van der Waals surface area (Å²) >= 11 is 11.9. The highest BCUT2D eigenvalue weighted by atomic mass is 35.5. The van der Waals surface area contributed by atoms with Crippen LogP contribution in [0.15, 0.2) is 18.3 Å². The number of H-pyrrole nitrogens is 1. The summed E-state index contributed by atoms with van der Waals surface area (Å²) in [6, 6.07) is 3.77. The Labute approximate surface area is 121 Å². The van der Waals surface area contributed by atoms with Gasteiger partial charge < -0.3 is 15.0 Å². The monoisotopic (exact) mass is 302 g/mol. The van der Waals surface area contributed by atoms with Crippen molar-refractivity contribution in [1.82, 2.24) is 9.88 Å². The van der Waals surface area contributed by atoms with Crippen LogP contribution in [0.5, 0.6) is 0 Å². The van der Waals surface area contributed by atoms with Gasteiger partial charge in [0.1, 0.15) is 0 Å². The van der Waals surface area contributed by atoms with E-state index in [0.29, 0.717) is 10.0 Å². The molecule has 0 atom stereocenters. The smallest absolute Gasteiger partial charge is 0.300 e. The average Bonchev–Trinajstić information content (AvgIpc) is 2.60. The molecule has 19 heavy (non-hydrogen) atoms. The van der Waals surface area contributed by atoms with Gasteiger partial charge in [0.2, 0.25) is 0 Å². The van der Waals surface area contributed by atoms with Gasteiger partial charge in [-0.15, -0.1) is 0 Å². The highest BCUT2D eigenvalue weighted by Crippen LogP contribution is 2.29. The summed E-state index contributed by atoms with van der Waals surface area (Å²) in [5, 5.41) is 9.74. The molecule has 2 aromatic rings. The predicted molar refractivity (Wildman–Crippen MR) is 79.0 cm³/mol. The van der Waals surface area contributed by atoms with E-state index in [9.17, 15) is 0 Å². The fourth-order valence-electron chi connectivity index (χ4n) is 1.65. The number of rotatable bonds is 2. The molecule has 1 aromatic heterocycles. The molecule has 0 fully saturated rings. The van der Waals surface area contributed by atoms with Gasteiger partial charge in [0, 0.05) is 30.6 Å². The standard InChI is InChI=1S/C11H12Cl2N2.C2H4O2/c1-15(2)6-7-5-14-11-4-10(13)9(12)3-8(7)11;1-2(3)4/h3-5,14H,6H2,1-2H3;1H3,(H,3,4). The Hall–Kier alpha value is -1.23. The molecule has 4 nitrogen and oxygen atoms in total. The third-order valence-electron chi connectivity index (χ3n) is 2.29. The van der Waals surface area contributed by atoms with Gasteiger partial charge in [0.25, 0.3) is 5.97 Å². The van der Waals surface area contributed by atoms with Crippen LogP contribution < -0.4 is 0 Å². The second kappa shape index (κ2) is 6.80. The number of aromatic nitrogens is 1. The SMILES string of the molecule is CC(=O)O.CN(C)Cc1c[nH]c2cc(Cl)c(Cl)cc12. The number of hydrogen-bond acceptors (Lipinski definition) is 2. The molecular weight excluding hydrogens is 287 g/mol. The maximum Gasteiger partial charge on any atom is 0.300 e. The number of aromatic amines is 1. The summed E-state index contributed by atoms with van der Waals surface area (Å²) in [5.74, 6) is -0.833. The lowest BCUT2D eigenvalue weighted by molar-refractivity contribution is -0.134. The molecule has 0 spiro atoms. The Morgan fingerprint density at radius 3 is 2.37 bits per heavy atom. The summed E-state index contributed by atoms with van der Waals surface area (Å²) in [4.78, 5) is 14.3. The molecule has 0 saturated carbocycles. The number of nitrogens with zero attached hydrogens (tertiary/aromatic N) is 1. The van der Waals surface area contributed by atoms with Crippen molar-refractivity contribution in [3.63, 3.8) is 0 Å². The molecule has 1 aromatic carbocycles. The summed E-state index contributed by atoms with van der Waals surface area (Å²) in [5.41, 5.74) is 2.26. The van der Waals surface area contributed by atoms with E-state index in [4.69, 9.17) is 33.1 Å². The molecule has 6 heteroatoms. The number of carbonyl (C=O) groups is 1. The minimum Gasteiger partial charge on any atom is -0.481 e. The van der Waals surface area contributed by atoms with Crippen molar-refractivity contribution in [1.29, 1.82) is 0 Å². The average molecular weight is 303 g/mol. The van der Waals surface area contributed by atoms with E-state index in [1.807, 2.05) is 32.4 Å². The van der Waals surface area contributed by atoms with Crippen molar-refractivity contribution in [2.75, 3.05) is 14.1 Å². The Balaban J connectivity index is 0.000000399. The number of nitrogens with one attached hydrogen (secondary N) is 1. The number of benzene rings is 1. The van der Waals surface area contributed by atoms with Crippen LogP contribution in [0.3, 0.4) is 0 Å². The summed E-state index contributed by atoms with van der Waals surface area (Å²) < 4.78 is 0.